The number of benzene rings is 8. The molecule has 0 radical (unpaired) electrons. The highest BCUT2D eigenvalue weighted by molar-refractivity contribution is 7.26. The minimum absolute atomic E-state index is 0.0489. The van der Waals surface area contributed by atoms with Gasteiger partial charge in [-0.3, -0.25) is 0 Å². The topological polar surface area (TPSA) is 0 Å². The third kappa shape index (κ3) is 3.07. The molecule has 0 amide bonds. The van der Waals surface area contributed by atoms with Crippen molar-refractivity contribution in [3.63, 3.8) is 0 Å². The van der Waals surface area contributed by atoms with Crippen molar-refractivity contribution >= 4 is 74.6 Å². The van der Waals surface area contributed by atoms with Gasteiger partial charge in [-0.2, -0.15) is 0 Å². The molecule has 0 saturated heterocycles. The summed E-state index contributed by atoms with van der Waals surface area (Å²) in [4.78, 5) is 0. The predicted molar refractivity (Wildman–Crippen MR) is 192 cm³/mol. The summed E-state index contributed by atoms with van der Waals surface area (Å²) >= 11 is 1.90. The first-order chi connectivity index (χ1) is 21.6. The van der Waals surface area contributed by atoms with Crippen LogP contribution < -0.4 is 0 Å². The van der Waals surface area contributed by atoms with Crippen LogP contribution in [0.1, 0.15) is 25.0 Å². The van der Waals surface area contributed by atoms with Gasteiger partial charge in [0.05, 0.1) is 0 Å². The van der Waals surface area contributed by atoms with Crippen LogP contribution in [0.4, 0.5) is 0 Å². The number of rotatable bonds is 1. The van der Waals surface area contributed by atoms with Crippen LogP contribution in [0, 0.1) is 0 Å². The van der Waals surface area contributed by atoms with Gasteiger partial charge in [0.2, 0.25) is 0 Å². The minimum Gasteiger partial charge on any atom is -0.135 e. The molecule has 0 spiro atoms. The first-order valence-electron chi connectivity index (χ1n) is 15.4. The maximum Gasteiger partial charge on any atom is 0.0362 e. The normalized spacial score (nSPS) is 13.9. The summed E-state index contributed by atoms with van der Waals surface area (Å²) in [7, 11) is 0. The second kappa shape index (κ2) is 8.56. The van der Waals surface area contributed by atoms with Gasteiger partial charge in [-0.1, -0.05) is 135 Å². The van der Waals surface area contributed by atoms with Crippen molar-refractivity contribution in [1.82, 2.24) is 0 Å². The first kappa shape index (κ1) is 24.5. The molecule has 0 saturated carbocycles. The van der Waals surface area contributed by atoms with E-state index in [4.69, 9.17) is 0 Å². The highest BCUT2D eigenvalue weighted by Gasteiger charge is 2.37. The maximum atomic E-state index is 2.40. The molecule has 206 valence electrons. The van der Waals surface area contributed by atoms with Crippen molar-refractivity contribution < 1.29 is 0 Å². The van der Waals surface area contributed by atoms with Gasteiger partial charge in [0, 0.05) is 25.6 Å². The Kier molecular flexibility index (Phi) is 4.76. The molecule has 0 nitrogen and oxygen atoms in total. The van der Waals surface area contributed by atoms with Crippen molar-refractivity contribution in [1.29, 1.82) is 0 Å². The third-order valence-electron chi connectivity index (χ3n) is 10.3. The van der Waals surface area contributed by atoms with Crippen molar-refractivity contribution in [3.8, 4) is 22.3 Å². The van der Waals surface area contributed by atoms with Crippen molar-refractivity contribution in [3.05, 3.63) is 145 Å². The van der Waals surface area contributed by atoms with E-state index in [1.54, 1.807) is 0 Å². The third-order valence-corrected chi connectivity index (χ3v) is 11.4. The Balaban J connectivity index is 1.30. The highest BCUT2D eigenvalue weighted by Crippen LogP contribution is 2.54. The Morgan fingerprint density at radius 3 is 1.66 bits per heavy atom. The van der Waals surface area contributed by atoms with E-state index >= 15 is 0 Å². The molecule has 0 bridgehead atoms. The molecule has 0 N–H and O–H groups in total. The van der Waals surface area contributed by atoms with Crippen molar-refractivity contribution in [2.24, 2.45) is 0 Å². The summed E-state index contributed by atoms with van der Waals surface area (Å²) in [6.07, 6.45) is 0. The number of fused-ring (bicyclic) bond motifs is 14. The quantitative estimate of drug-likeness (QED) is 0.182. The molecule has 0 atom stereocenters. The molecule has 8 aromatic carbocycles. The molecule has 1 aromatic heterocycles. The Labute approximate surface area is 259 Å². The zero-order chi connectivity index (χ0) is 29.2. The SMILES string of the molecule is CC1(C)c2ccc3ccccc3c2-c2c1ccc1c(-c3cccc4c3ccc3sc5ccc6ccccc6c5c34)cccc21. The number of hydrogen-bond donors (Lipinski definition) is 0. The molecular formula is C43H28S. The second-order valence-corrected chi connectivity index (χ2v) is 13.9. The zero-order valence-electron chi connectivity index (χ0n) is 24.6. The number of hydrogen-bond acceptors (Lipinski definition) is 1. The van der Waals surface area contributed by atoms with Crippen LogP contribution in [0.15, 0.2) is 133 Å². The standard InChI is InChI=1S/C43H28S/c1-43(2)35-21-17-25-9-3-5-11-27(25)39(35)40-33-15-7-13-29(31(33)19-22-36(40)43)30-14-8-16-34-32(30)20-24-38-42(34)41-28-12-6-4-10-26(28)18-23-37(41)44-38/h3-24H,1-2H3. The van der Waals surface area contributed by atoms with Crippen LogP contribution in [0.3, 0.4) is 0 Å². The molecule has 1 heterocycles. The van der Waals surface area contributed by atoms with Gasteiger partial charge in [0.25, 0.3) is 0 Å². The van der Waals surface area contributed by atoms with Crippen LogP contribution in [0.5, 0.6) is 0 Å². The lowest BCUT2D eigenvalue weighted by Gasteiger charge is -2.22. The Morgan fingerprint density at radius 1 is 0.386 bits per heavy atom. The fourth-order valence-electron chi connectivity index (χ4n) is 8.22. The minimum atomic E-state index is -0.0489. The second-order valence-electron chi connectivity index (χ2n) is 12.8. The molecule has 0 unspecified atom stereocenters. The summed E-state index contributed by atoms with van der Waals surface area (Å²) < 4.78 is 2.70. The van der Waals surface area contributed by atoms with E-state index in [0.717, 1.165) is 0 Å². The monoisotopic (exact) mass is 576 g/mol. The van der Waals surface area contributed by atoms with E-state index < -0.39 is 0 Å². The molecule has 1 aliphatic rings. The Morgan fingerprint density at radius 2 is 0.886 bits per heavy atom. The van der Waals surface area contributed by atoms with E-state index in [1.807, 2.05) is 11.3 Å². The predicted octanol–water partition coefficient (Wildman–Crippen LogP) is 12.6. The van der Waals surface area contributed by atoms with Crippen LogP contribution in [0.25, 0.3) is 85.5 Å². The average molecular weight is 577 g/mol. The number of thiophene rings is 1. The summed E-state index contributed by atoms with van der Waals surface area (Å²) in [6, 6.07) is 50.2. The van der Waals surface area contributed by atoms with Gasteiger partial charge >= 0.3 is 0 Å². The summed E-state index contributed by atoms with van der Waals surface area (Å²) in [5, 5.41) is 13.3. The van der Waals surface area contributed by atoms with E-state index in [0.29, 0.717) is 0 Å². The first-order valence-corrected chi connectivity index (χ1v) is 16.3. The van der Waals surface area contributed by atoms with Crippen LogP contribution >= 0.6 is 11.3 Å². The van der Waals surface area contributed by atoms with Gasteiger partial charge in [0.15, 0.2) is 0 Å². The van der Waals surface area contributed by atoms with E-state index in [2.05, 4.69) is 147 Å². The van der Waals surface area contributed by atoms with Crippen LogP contribution in [-0.4, -0.2) is 0 Å². The molecule has 0 fully saturated rings. The fraction of sp³-hybridized carbons (Fsp3) is 0.0698. The Hall–Kier alpha value is -4.98. The van der Waals surface area contributed by atoms with Crippen molar-refractivity contribution in [2.75, 3.05) is 0 Å². The molecule has 9 aromatic rings. The fourth-order valence-corrected chi connectivity index (χ4v) is 9.36. The lowest BCUT2D eigenvalue weighted by Crippen LogP contribution is -2.14. The lowest BCUT2D eigenvalue weighted by atomic mass is 9.81. The van der Waals surface area contributed by atoms with Crippen LogP contribution in [0.2, 0.25) is 0 Å². The molecular weight excluding hydrogens is 549 g/mol. The van der Waals surface area contributed by atoms with Gasteiger partial charge < -0.3 is 0 Å². The van der Waals surface area contributed by atoms with Gasteiger partial charge in [0.1, 0.15) is 0 Å². The smallest absolute Gasteiger partial charge is 0.0362 e. The van der Waals surface area contributed by atoms with E-state index in [9.17, 15) is 0 Å². The lowest BCUT2D eigenvalue weighted by molar-refractivity contribution is 0.661. The summed E-state index contributed by atoms with van der Waals surface area (Å²) in [6.45, 7) is 4.76. The molecule has 0 aliphatic heterocycles. The molecule has 44 heavy (non-hydrogen) atoms. The summed E-state index contributed by atoms with van der Waals surface area (Å²) in [5.74, 6) is 0. The van der Waals surface area contributed by atoms with Gasteiger partial charge in [-0.05, 0) is 88.6 Å². The molecule has 10 rings (SSSR count). The molecule has 1 heteroatoms. The average Bonchev–Trinajstić information content (AvgIpc) is 3.57. The van der Waals surface area contributed by atoms with E-state index in [1.165, 1.54) is 96.6 Å². The highest BCUT2D eigenvalue weighted by atomic mass is 32.1. The Bertz CT molecular complexity index is 2680. The largest absolute Gasteiger partial charge is 0.135 e. The van der Waals surface area contributed by atoms with Crippen molar-refractivity contribution in [2.45, 2.75) is 19.3 Å². The van der Waals surface area contributed by atoms with E-state index in [-0.39, 0.29) is 5.41 Å². The summed E-state index contributed by atoms with van der Waals surface area (Å²) in [5.41, 5.74) is 8.20. The van der Waals surface area contributed by atoms with Gasteiger partial charge in [-0.25, -0.2) is 0 Å². The van der Waals surface area contributed by atoms with Crippen LogP contribution in [-0.2, 0) is 5.41 Å². The maximum absolute atomic E-state index is 2.40. The zero-order valence-corrected chi connectivity index (χ0v) is 25.4. The van der Waals surface area contributed by atoms with Gasteiger partial charge in [-0.15, -0.1) is 11.3 Å². The molecule has 1 aliphatic carbocycles.